The second kappa shape index (κ2) is 6.92. The summed E-state index contributed by atoms with van der Waals surface area (Å²) in [7, 11) is 0. The summed E-state index contributed by atoms with van der Waals surface area (Å²) in [5, 5.41) is 6.13. The van der Waals surface area contributed by atoms with E-state index in [0.29, 0.717) is 0 Å². The van der Waals surface area contributed by atoms with Gasteiger partial charge in [-0.15, -0.1) is 0 Å². The lowest BCUT2D eigenvalue weighted by Crippen LogP contribution is -2.08. The van der Waals surface area contributed by atoms with Crippen LogP contribution >= 0.6 is 0 Å². The van der Waals surface area contributed by atoms with Gasteiger partial charge in [-0.2, -0.15) is 0 Å². The number of benzene rings is 1. The molecule has 0 fully saturated rings. The number of nitrogens with zero attached hydrogens (tertiary/aromatic N) is 2. The maximum atomic E-state index is 11.0. The summed E-state index contributed by atoms with van der Waals surface area (Å²) in [5.74, 6) is 0.788. The molecule has 21 heavy (non-hydrogen) atoms. The number of carbonyl (C=O) groups is 1. The Morgan fingerprint density at radius 3 is 2.62 bits per heavy atom. The lowest BCUT2D eigenvalue weighted by molar-refractivity contribution is -0.114. The molecule has 0 unspecified atom stereocenters. The number of aromatic nitrogens is 2. The Labute approximate surface area is 125 Å². The van der Waals surface area contributed by atoms with Crippen LogP contribution in [0.15, 0.2) is 30.5 Å². The van der Waals surface area contributed by atoms with E-state index >= 15 is 0 Å². The Bertz CT molecular complexity index is 601. The number of anilines is 2. The molecule has 112 valence electrons. The first-order valence-electron chi connectivity index (χ1n) is 7.28. The van der Waals surface area contributed by atoms with Crippen LogP contribution in [0.4, 0.5) is 11.6 Å². The minimum Gasteiger partial charge on any atom is -0.355 e. The molecule has 0 bridgehead atoms. The monoisotopic (exact) mass is 286 g/mol. The normalized spacial score (nSPS) is 10.4. The van der Waals surface area contributed by atoms with Gasteiger partial charge < -0.3 is 10.6 Å². The summed E-state index contributed by atoms with van der Waals surface area (Å²) in [6, 6.07) is 7.72. The summed E-state index contributed by atoms with van der Waals surface area (Å²) in [6.45, 7) is 6.56. The van der Waals surface area contributed by atoms with Crippen molar-refractivity contribution >= 4 is 17.5 Å². The number of hydrogen-bond acceptors (Lipinski definition) is 3. The molecule has 0 atom stereocenters. The number of rotatable bonds is 6. The van der Waals surface area contributed by atoms with Crippen LogP contribution < -0.4 is 10.6 Å². The van der Waals surface area contributed by atoms with E-state index in [9.17, 15) is 4.79 Å². The van der Waals surface area contributed by atoms with Gasteiger partial charge in [0, 0.05) is 31.0 Å². The minimum atomic E-state index is -0.0665. The zero-order chi connectivity index (χ0) is 15.2. The molecule has 2 rings (SSSR count). The number of aryl methyl sites for hydroxylation is 1. The van der Waals surface area contributed by atoms with Crippen molar-refractivity contribution in [3.8, 4) is 5.69 Å². The molecule has 5 heteroatoms. The van der Waals surface area contributed by atoms with Gasteiger partial charge in [0.2, 0.25) is 11.9 Å². The molecule has 0 aliphatic heterocycles. The molecule has 1 aromatic heterocycles. The highest BCUT2D eigenvalue weighted by atomic mass is 16.1. The highest BCUT2D eigenvalue weighted by Crippen LogP contribution is 2.19. The number of amides is 1. The second-order valence-corrected chi connectivity index (χ2v) is 5.08. The third kappa shape index (κ3) is 4.08. The highest BCUT2D eigenvalue weighted by molar-refractivity contribution is 5.88. The number of carbonyl (C=O) groups excluding carboxylic acids is 1. The third-order valence-corrected chi connectivity index (χ3v) is 3.11. The molecule has 0 spiro atoms. The van der Waals surface area contributed by atoms with Gasteiger partial charge in [-0.25, -0.2) is 4.98 Å². The van der Waals surface area contributed by atoms with E-state index in [4.69, 9.17) is 0 Å². The lowest BCUT2D eigenvalue weighted by atomic mass is 10.2. The first-order chi connectivity index (χ1) is 10.1. The van der Waals surface area contributed by atoms with Crippen molar-refractivity contribution in [3.05, 3.63) is 36.2 Å². The van der Waals surface area contributed by atoms with Crippen molar-refractivity contribution in [3.63, 3.8) is 0 Å². The number of unbranched alkanes of at least 4 members (excludes halogenated alkanes) is 1. The standard InChI is InChI=1S/C16H22N4O/c1-4-5-10-17-16-18-12(2)11-20(16)15-8-6-14(7-9-15)19-13(3)21/h6-9,11H,4-5,10H2,1-3H3,(H,17,18)(H,19,21). The molecule has 1 heterocycles. The minimum absolute atomic E-state index is 0.0665. The number of nitrogens with one attached hydrogen (secondary N) is 2. The van der Waals surface area contributed by atoms with E-state index < -0.39 is 0 Å². The maximum absolute atomic E-state index is 11.0. The van der Waals surface area contributed by atoms with E-state index in [-0.39, 0.29) is 5.91 Å². The largest absolute Gasteiger partial charge is 0.355 e. The first-order valence-corrected chi connectivity index (χ1v) is 7.28. The fraction of sp³-hybridized carbons (Fsp3) is 0.375. The molecule has 2 N–H and O–H groups in total. The van der Waals surface area contributed by atoms with E-state index in [2.05, 4.69) is 22.5 Å². The topological polar surface area (TPSA) is 59.0 Å². The van der Waals surface area contributed by atoms with Crippen molar-refractivity contribution in [2.24, 2.45) is 0 Å². The van der Waals surface area contributed by atoms with Crippen molar-refractivity contribution in [2.45, 2.75) is 33.6 Å². The van der Waals surface area contributed by atoms with Crippen LogP contribution in [0.5, 0.6) is 0 Å². The summed E-state index contributed by atoms with van der Waals surface area (Å²) >= 11 is 0. The summed E-state index contributed by atoms with van der Waals surface area (Å²) in [6.07, 6.45) is 4.27. The van der Waals surface area contributed by atoms with Crippen LogP contribution in [0.2, 0.25) is 0 Å². The average molecular weight is 286 g/mol. The smallest absolute Gasteiger partial charge is 0.221 e. The molecule has 0 aliphatic rings. The Morgan fingerprint density at radius 1 is 1.29 bits per heavy atom. The zero-order valence-electron chi connectivity index (χ0n) is 12.8. The van der Waals surface area contributed by atoms with Gasteiger partial charge in [0.05, 0.1) is 5.69 Å². The molecule has 1 amide bonds. The van der Waals surface area contributed by atoms with E-state index in [0.717, 1.165) is 42.4 Å². The van der Waals surface area contributed by atoms with E-state index in [1.165, 1.54) is 6.92 Å². The van der Waals surface area contributed by atoms with E-state index in [1.54, 1.807) is 0 Å². The van der Waals surface area contributed by atoms with Crippen molar-refractivity contribution in [1.29, 1.82) is 0 Å². The quantitative estimate of drug-likeness (QED) is 0.801. The Kier molecular flexibility index (Phi) is 4.98. The molecule has 2 aromatic rings. The molecular formula is C16H22N4O. The van der Waals surface area contributed by atoms with Crippen LogP contribution in [0.1, 0.15) is 32.4 Å². The predicted octanol–water partition coefficient (Wildman–Crippen LogP) is 3.35. The predicted molar refractivity (Wildman–Crippen MR) is 86.0 cm³/mol. The molecule has 5 nitrogen and oxygen atoms in total. The fourth-order valence-electron chi connectivity index (χ4n) is 2.10. The maximum Gasteiger partial charge on any atom is 0.221 e. The zero-order valence-corrected chi connectivity index (χ0v) is 12.8. The first kappa shape index (κ1) is 15.1. The summed E-state index contributed by atoms with van der Waals surface area (Å²) in [5.41, 5.74) is 2.78. The Balaban J connectivity index is 2.18. The SMILES string of the molecule is CCCCNc1nc(C)cn1-c1ccc(NC(C)=O)cc1. The second-order valence-electron chi connectivity index (χ2n) is 5.08. The van der Waals surface area contributed by atoms with Crippen LogP contribution in [0.3, 0.4) is 0 Å². The Hall–Kier alpha value is -2.30. The fourth-order valence-corrected chi connectivity index (χ4v) is 2.10. The van der Waals surface area contributed by atoms with Gasteiger partial charge in [-0.3, -0.25) is 9.36 Å². The van der Waals surface area contributed by atoms with Crippen LogP contribution in [-0.2, 0) is 4.79 Å². The summed E-state index contributed by atoms with van der Waals surface area (Å²) in [4.78, 5) is 15.5. The number of hydrogen-bond donors (Lipinski definition) is 2. The van der Waals surface area contributed by atoms with Gasteiger partial charge >= 0.3 is 0 Å². The van der Waals surface area contributed by atoms with E-state index in [1.807, 2.05) is 42.0 Å². The Morgan fingerprint density at radius 2 is 2.00 bits per heavy atom. The van der Waals surface area contributed by atoms with Crippen LogP contribution in [-0.4, -0.2) is 22.0 Å². The van der Waals surface area contributed by atoms with Crippen LogP contribution in [0, 0.1) is 6.92 Å². The molecular weight excluding hydrogens is 264 g/mol. The highest BCUT2D eigenvalue weighted by Gasteiger charge is 2.07. The van der Waals surface area contributed by atoms with Crippen LogP contribution in [0.25, 0.3) is 5.69 Å². The van der Waals surface area contributed by atoms with Crippen molar-refractivity contribution < 1.29 is 4.79 Å². The molecule has 0 saturated heterocycles. The van der Waals surface area contributed by atoms with Gasteiger partial charge in [0.1, 0.15) is 0 Å². The molecule has 0 aliphatic carbocycles. The molecule has 0 saturated carbocycles. The molecule has 0 radical (unpaired) electrons. The average Bonchev–Trinajstić information content (AvgIpc) is 2.80. The van der Waals surface area contributed by atoms with Crippen molar-refractivity contribution in [2.75, 3.05) is 17.2 Å². The van der Waals surface area contributed by atoms with Crippen molar-refractivity contribution in [1.82, 2.24) is 9.55 Å². The van der Waals surface area contributed by atoms with Gasteiger partial charge in [0.25, 0.3) is 0 Å². The third-order valence-electron chi connectivity index (χ3n) is 3.11. The molecule has 1 aromatic carbocycles. The lowest BCUT2D eigenvalue weighted by Gasteiger charge is -2.10. The summed E-state index contributed by atoms with van der Waals surface area (Å²) < 4.78 is 2.03. The van der Waals surface area contributed by atoms with Gasteiger partial charge in [-0.1, -0.05) is 13.3 Å². The van der Waals surface area contributed by atoms with Gasteiger partial charge in [-0.05, 0) is 37.6 Å². The number of imidazole rings is 1. The van der Waals surface area contributed by atoms with Gasteiger partial charge in [0.15, 0.2) is 0 Å².